The van der Waals surface area contributed by atoms with Gasteiger partial charge in [-0.2, -0.15) is 13.2 Å². The van der Waals surface area contributed by atoms with E-state index in [9.17, 15) is 13.2 Å². The molecule has 0 saturated carbocycles. The van der Waals surface area contributed by atoms with E-state index >= 15 is 0 Å². The molecule has 0 unspecified atom stereocenters. The lowest BCUT2D eigenvalue weighted by Crippen LogP contribution is -2.09. The van der Waals surface area contributed by atoms with Crippen molar-refractivity contribution in [2.75, 3.05) is 0 Å². The highest BCUT2D eigenvalue weighted by Gasteiger charge is 2.33. The van der Waals surface area contributed by atoms with Crippen LogP contribution in [0.2, 0.25) is 0 Å². The summed E-state index contributed by atoms with van der Waals surface area (Å²) in [5, 5.41) is 1.08. The number of halogens is 3. The Morgan fingerprint density at radius 2 is 1.86 bits per heavy atom. The second-order valence-corrected chi connectivity index (χ2v) is 5.47. The van der Waals surface area contributed by atoms with E-state index in [1.165, 1.54) is 19.2 Å². The fraction of sp³-hybridized carbons (Fsp3) is 0.235. The summed E-state index contributed by atoms with van der Waals surface area (Å²) in [6.07, 6.45) is -0.457. The molecule has 0 saturated heterocycles. The number of aromatic nitrogens is 2. The Bertz CT molecular complexity index is 832. The van der Waals surface area contributed by atoms with Crippen LogP contribution in [0.25, 0.3) is 10.9 Å². The molecule has 5 heteroatoms. The zero-order chi connectivity index (χ0) is 15.9. The number of fused-ring (bicyclic) bond motifs is 1. The highest BCUT2D eigenvalue weighted by Crippen LogP contribution is 2.32. The molecule has 114 valence electrons. The first kappa shape index (κ1) is 14.6. The van der Waals surface area contributed by atoms with Crippen LogP contribution >= 0.6 is 0 Å². The highest BCUT2D eigenvalue weighted by molar-refractivity contribution is 5.80. The van der Waals surface area contributed by atoms with Gasteiger partial charge in [0.2, 0.25) is 0 Å². The van der Waals surface area contributed by atoms with Crippen LogP contribution in [0.1, 0.15) is 22.4 Å². The first-order chi connectivity index (χ1) is 10.3. The first-order valence-corrected chi connectivity index (χ1v) is 6.91. The average Bonchev–Trinajstić information content (AvgIpc) is 2.81. The van der Waals surface area contributed by atoms with Crippen LogP contribution in [0.5, 0.6) is 0 Å². The van der Waals surface area contributed by atoms with Crippen molar-refractivity contribution in [3.05, 3.63) is 65.1 Å². The molecule has 0 atom stereocenters. The van der Waals surface area contributed by atoms with E-state index in [-0.39, 0.29) is 5.69 Å². The van der Waals surface area contributed by atoms with E-state index in [2.05, 4.69) is 4.98 Å². The van der Waals surface area contributed by atoms with Crippen molar-refractivity contribution >= 4 is 10.9 Å². The molecular formula is C17H15F3N2. The molecule has 3 aromatic rings. The van der Waals surface area contributed by atoms with Crippen LogP contribution in [0.3, 0.4) is 0 Å². The molecular weight excluding hydrogens is 289 g/mol. The minimum absolute atomic E-state index is 0.00904. The normalized spacial score (nSPS) is 12.0. The van der Waals surface area contributed by atoms with Crippen LogP contribution in [0.15, 0.2) is 42.7 Å². The zero-order valence-corrected chi connectivity index (χ0v) is 12.3. The van der Waals surface area contributed by atoms with Gasteiger partial charge in [0.05, 0.1) is 5.56 Å². The van der Waals surface area contributed by atoms with Crippen molar-refractivity contribution in [3.8, 4) is 0 Å². The maximum Gasteiger partial charge on any atom is 0.418 e. The average molecular weight is 304 g/mol. The third-order valence-electron chi connectivity index (χ3n) is 3.81. The molecule has 22 heavy (non-hydrogen) atoms. The summed E-state index contributed by atoms with van der Waals surface area (Å²) < 4.78 is 40.8. The predicted molar refractivity (Wildman–Crippen MR) is 79.7 cm³/mol. The number of hydrogen-bond acceptors (Lipinski definition) is 1. The molecule has 0 fully saturated rings. The van der Waals surface area contributed by atoms with Gasteiger partial charge in [0.1, 0.15) is 0 Å². The van der Waals surface area contributed by atoms with Crippen molar-refractivity contribution in [2.24, 2.45) is 7.05 Å². The SMILES string of the molecule is Cc1ncc(Cc2ccc3c(ccn3C)c2)cc1C(F)(F)F. The lowest BCUT2D eigenvalue weighted by molar-refractivity contribution is -0.138. The first-order valence-electron chi connectivity index (χ1n) is 6.91. The molecule has 2 nitrogen and oxygen atoms in total. The third kappa shape index (κ3) is 2.71. The van der Waals surface area contributed by atoms with Gasteiger partial charge in [-0.25, -0.2) is 0 Å². The second kappa shape index (κ2) is 5.16. The lowest BCUT2D eigenvalue weighted by atomic mass is 10.0. The molecule has 3 rings (SSSR count). The number of benzene rings is 1. The van der Waals surface area contributed by atoms with Gasteiger partial charge in [-0.1, -0.05) is 6.07 Å². The Balaban J connectivity index is 1.94. The van der Waals surface area contributed by atoms with Crippen LogP contribution in [-0.4, -0.2) is 9.55 Å². The Labute approximate surface area is 126 Å². The summed E-state index contributed by atoms with van der Waals surface area (Å²) in [6, 6.07) is 9.11. The standard InChI is InChI=1S/C17H15F3N2/c1-11-15(17(18,19)20)9-13(10-21-11)7-12-3-4-16-14(8-12)5-6-22(16)2/h3-6,8-10H,7H2,1-2H3. The number of hydrogen-bond donors (Lipinski definition) is 0. The van der Waals surface area contributed by atoms with Gasteiger partial charge in [0.25, 0.3) is 0 Å². The second-order valence-electron chi connectivity index (χ2n) is 5.47. The maximum atomic E-state index is 12.9. The molecule has 0 aliphatic carbocycles. The van der Waals surface area contributed by atoms with Crippen LogP contribution in [0, 0.1) is 6.92 Å². The Morgan fingerprint density at radius 3 is 2.59 bits per heavy atom. The number of aryl methyl sites for hydroxylation is 2. The van der Waals surface area contributed by atoms with Crippen molar-refractivity contribution < 1.29 is 13.2 Å². The number of nitrogens with zero attached hydrogens (tertiary/aromatic N) is 2. The summed E-state index contributed by atoms with van der Waals surface area (Å²) in [7, 11) is 1.96. The van der Waals surface area contributed by atoms with Crippen molar-refractivity contribution in [1.82, 2.24) is 9.55 Å². The van der Waals surface area contributed by atoms with Crippen LogP contribution in [0.4, 0.5) is 13.2 Å². The number of pyridine rings is 1. The quantitative estimate of drug-likeness (QED) is 0.682. The van der Waals surface area contributed by atoms with E-state index in [4.69, 9.17) is 0 Å². The largest absolute Gasteiger partial charge is 0.418 e. The molecule has 0 radical (unpaired) electrons. The summed E-state index contributed by atoms with van der Waals surface area (Å²) in [5.41, 5.74) is 1.98. The van der Waals surface area contributed by atoms with Gasteiger partial charge in [-0.15, -0.1) is 0 Å². The van der Waals surface area contributed by atoms with E-state index < -0.39 is 11.7 Å². The molecule has 0 amide bonds. The maximum absolute atomic E-state index is 12.9. The molecule has 0 aliphatic rings. The third-order valence-corrected chi connectivity index (χ3v) is 3.81. The monoisotopic (exact) mass is 304 g/mol. The van der Waals surface area contributed by atoms with Crippen molar-refractivity contribution in [2.45, 2.75) is 19.5 Å². The lowest BCUT2D eigenvalue weighted by Gasteiger charge is -2.11. The Morgan fingerprint density at radius 1 is 1.09 bits per heavy atom. The van der Waals surface area contributed by atoms with Gasteiger partial charge in [-0.05, 0) is 54.1 Å². The van der Waals surface area contributed by atoms with E-state index in [1.807, 2.05) is 42.1 Å². The molecule has 1 aromatic carbocycles. The van der Waals surface area contributed by atoms with Gasteiger partial charge in [0, 0.05) is 30.7 Å². The summed E-state index contributed by atoms with van der Waals surface area (Å²) in [5.74, 6) is 0. The summed E-state index contributed by atoms with van der Waals surface area (Å²) in [4.78, 5) is 3.88. The molecule has 0 N–H and O–H groups in total. The van der Waals surface area contributed by atoms with Gasteiger partial charge in [-0.3, -0.25) is 4.98 Å². The Kier molecular flexibility index (Phi) is 3.43. The van der Waals surface area contributed by atoms with E-state index in [1.54, 1.807) is 0 Å². The van der Waals surface area contributed by atoms with Crippen molar-refractivity contribution in [1.29, 1.82) is 0 Å². The molecule has 0 spiro atoms. The molecule has 2 heterocycles. The van der Waals surface area contributed by atoms with Gasteiger partial charge < -0.3 is 4.57 Å². The van der Waals surface area contributed by atoms with Gasteiger partial charge >= 0.3 is 6.18 Å². The summed E-state index contributed by atoms with van der Waals surface area (Å²) >= 11 is 0. The Hall–Kier alpha value is -2.30. The zero-order valence-electron chi connectivity index (χ0n) is 12.3. The van der Waals surface area contributed by atoms with E-state index in [0.29, 0.717) is 12.0 Å². The predicted octanol–water partition coefficient (Wildman–Crippen LogP) is 4.49. The fourth-order valence-electron chi connectivity index (χ4n) is 2.64. The molecule has 0 aliphatic heterocycles. The minimum Gasteiger partial charge on any atom is -0.351 e. The van der Waals surface area contributed by atoms with E-state index in [0.717, 1.165) is 16.5 Å². The van der Waals surface area contributed by atoms with Crippen LogP contribution < -0.4 is 0 Å². The summed E-state index contributed by atoms with van der Waals surface area (Å²) in [6.45, 7) is 1.38. The molecule has 0 bridgehead atoms. The van der Waals surface area contributed by atoms with Crippen LogP contribution in [-0.2, 0) is 19.6 Å². The topological polar surface area (TPSA) is 17.8 Å². The molecule has 2 aromatic heterocycles. The minimum atomic E-state index is -4.36. The fourth-order valence-corrected chi connectivity index (χ4v) is 2.64. The number of rotatable bonds is 2. The number of alkyl halides is 3. The van der Waals surface area contributed by atoms with Gasteiger partial charge in [0.15, 0.2) is 0 Å². The highest BCUT2D eigenvalue weighted by atomic mass is 19.4. The van der Waals surface area contributed by atoms with Crippen molar-refractivity contribution in [3.63, 3.8) is 0 Å². The smallest absolute Gasteiger partial charge is 0.351 e.